The van der Waals surface area contributed by atoms with Crippen molar-refractivity contribution in [1.82, 2.24) is 14.3 Å². The third kappa shape index (κ3) is 4.20. The van der Waals surface area contributed by atoms with Crippen LogP contribution in [0.2, 0.25) is 5.02 Å². The van der Waals surface area contributed by atoms with Crippen LogP contribution < -0.4 is 0 Å². The first-order valence-electron chi connectivity index (χ1n) is 10.3. The molecule has 3 aromatic rings. The van der Waals surface area contributed by atoms with Crippen LogP contribution in [0.1, 0.15) is 31.4 Å². The van der Waals surface area contributed by atoms with Gasteiger partial charge in [0.15, 0.2) is 4.96 Å². The fraction of sp³-hybridized carbons (Fsp3) is 0.455. The van der Waals surface area contributed by atoms with Crippen molar-refractivity contribution >= 4 is 33.8 Å². The summed E-state index contributed by atoms with van der Waals surface area (Å²) in [7, 11) is 0. The minimum absolute atomic E-state index is 0.199. The summed E-state index contributed by atoms with van der Waals surface area (Å²) in [6.45, 7) is 2.28. The SMILES string of the molecule is O=C(C1CC1)N(CCc1csc2nc(-c3ccc(Cl)cc3)cn12)CC1CCCO1. The summed E-state index contributed by atoms with van der Waals surface area (Å²) in [4.78, 5) is 20.5. The number of nitrogens with zero attached hydrogens (tertiary/aromatic N) is 3. The maximum absolute atomic E-state index is 12.8. The monoisotopic (exact) mass is 429 g/mol. The number of ether oxygens (including phenoxy) is 1. The number of aromatic nitrogens is 2. The molecule has 5 rings (SSSR count). The van der Waals surface area contributed by atoms with Gasteiger partial charge in [-0.1, -0.05) is 23.7 Å². The van der Waals surface area contributed by atoms with Gasteiger partial charge in [0.05, 0.1) is 11.8 Å². The van der Waals surface area contributed by atoms with Gasteiger partial charge in [0.2, 0.25) is 5.91 Å². The molecular formula is C22H24ClN3O2S. The highest BCUT2D eigenvalue weighted by Crippen LogP contribution is 2.32. The number of imidazole rings is 1. The predicted octanol–water partition coefficient (Wildman–Crippen LogP) is 4.68. The second kappa shape index (κ2) is 8.09. The minimum atomic E-state index is 0.199. The highest BCUT2D eigenvalue weighted by Gasteiger charge is 2.34. The van der Waals surface area contributed by atoms with Crippen molar-refractivity contribution in [1.29, 1.82) is 0 Å². The molecule has 0 radical (unpaired) electrons. The van der Waals surface area contributed by atoms with Crippen molar-refractivity contribution in [2.45, 2.75) is 38.2 Å². The lowest BCUT2D eigenvalue weighted by Crippen LogP contribution is -2.39. The van der Waals surface area contributed by atoms with Crippen molar-refractivity contribution in [3.8, 4) is 11.3 Å². The Labute approximate surface area is 179 Å². The number of halogens is 1. The van der Waals surface area contributed by atoms with Crippen molar-refractivity contribution in [2.75, 3.05) is 19.7 Å². The molecular weight excluding hydrogens is 406 g/mol. The van der Waals surface area contributed by atoms with Crippen LogP contribution in [0.3, 0.4) is 0 Å². The first-order valence-corrected chi connectivity index (χ1v) is 11.5. The molecule has 1 saturated heterocycles. The van der Waals surface area contributed by atoms with Crippen molar-refractivity contribution in [2.24, 2.45) is 5.92 Å². The zero-order valence-corrected chi connectivity index (χ0v) is 17.8. The van der Waals surface area contributed by atoms with Crippen molar-refractivity contribution in [3.63, 3.8) is 0 Å². The maximum atomic E-state index is 12.8. The van der Waals surface area contributed by atoms with Gasteiger partial charge in [-0.15, -0.1) is 11.3 Å². The Bertz CT molecular complexity index is 1000. The molecule has 1 aliphatic carbocycles. The number of rotatable bonds is 7. The predicted molar refractivity (Wildman–Crippen MR) is 115 cm³/mol. The summed E-state index contributed by atoms with van der Waals surface area (Å²) in [5.74, 6) is 0.545. The Balaban J connectivity index is 1.31. The summed E-state index contributed by atoms with van der Waals surface area (Å²) < 4.78 is 7.94. The molecule has 0 spiro atoms. The largest absolute Gasteiger partial charge is 0.376 e. The van der Waals surface area contributed by atoms with E-state index in [9.17, 15) is 4.79 Å². The van der Waals surface area contributed by atoms with E-state index in [4.69, 9.17) is 21.3 Å². The van der Waals surface area contributed by atoms with Crippen LogP contribution in [0.5, 0.6) is 0 Å². The maximum Gasteiger partial charge on any atom is 0.225 e. The molecule has 0 N–H and O–H groups in total. The van der Waals surface area contributed by atoms with E-state index in [1.54, 1.807) is 11.3 Å². The van der Waals surface area contributed by atoms with E-state index >= 15 is 0 Å². The molecule has 7 heteroatoms. The standard InChI is InChI=1S/C22H24ClN3O2S/c23-17-7-5-15(6-8-17)20-13-26-18(14-29-22(26)24-20)9-10-25(21(27)16-3-4-16)12-19-2-1-11-28-19/h5-8,13-14,16,19H,1-4,9-12H2. The number of hydrogen-bond donors (Lipinski definition) is 0. The fourth-order valence-electron chi connectivity index (χ4n) is 3.93. The van der Waals surface area contributed by atoms with Crippen LogP contribution >= 0.6 is 22.9 Å². The number of hydrogen-bond acceptors (Lipinski definition) is 4. The summed E-state index contributed by atoms with van der Waals surface area (Å²) in [6, 6.07) is 7.76. The quantitative estimate of drug-likeness (QED) is 0.548. The Kier molecular flexibility index (Phi) is 5.33. The molecule has 1 saturated carbocycles. The van der Waals surface area contributed by atoms with E-state index in [-0.39, 0.29) is 12.0 Å². The molecule has 152 valence electrons. The third-order valence-corrected chi connectivity index (χ3v) is 6.89. The first-order chi connectivity index (χ1) is 14.2. The second-order valence-electron chi connectivity index (χ2n) is 7.96. The topological polar surface area (TPSA) is 46.8 Å². The molecule has 2 aromatic heterocycles. The number of amides is 1. The minimum Gasteiger partial charge on any atom is -0.376 e. The molecule has 1 atom stereocenters. The van der Waals surface area contributed by atoms with Crippen LogP contribution in [-0.4, -0.2) is 46.0 Å². The molecule has 1 unspecified atom stereocenters. The average molecular weight is 430 g/mol. The number of carbonyl (C=O) groups excluding carboxylic acids is 1. The first kappa shape index (κ1) is 19.1. The normalized spacial score (nSPS) is 19.1. The lowest BCUT2D eigenvalue weighted by atomic mass is 10.2. The van der Waals surface area contributed by atoms with Gasteiger partial charge in [0.1, 0.15) is 0 Å². The smallest absolute Gasteiger partial charge is 0.225 e. The molecule has 2 fully saturated rings. The van der Waals surface area contributed by atoms with Crippen LogP contribution in [0.4, 0.5) is 0 Å². The molecule has 3 heterocycles. The average Bonchev–Trinajstić information content (AvgIpc) is 3.11. The Morgan fingerprint density at radius 3 is 2.83 bits per heavy atom. The van der Waals surface area contributed by atoms with Crippen molar-refractivity contribution < 1.29 is 9.53 Å². The van der Waals surface area contributed by atoms with Gasteiger partial charge < -0.3 is 9.64 Å². The van der Waals surface area contributed by atoms with Crippen LogP contribution in [0, 0.1) is 5.92 Å². The molecule has 1 amide bonds. The highest BCUT2D eigenvalue weighted by molar-refractivity contribution is 7.15. The van der Waals surface area contributed by atoms with Crippen LogP contribution in [0.15, 0.2) is 35.8 Å². The number of benzene rings is 1. The molecule has 5 nitrogen and oxygen atoms in total. The van der Waals surface area contributed by atoms with Gasteiger partial charge in [-0.05, 0) is 37.8 Å². The van der Waals surface area contributed by atoms with Crippen LogP contribution in [0.25, 0.3) is 16.2 Å². The zero-order chi connectivity index (χ0) is 19.8. The lowest BCUT2D eigenvalue weighted by molar-refractivity contribution is -0.134. The van der Waals surface area contributed by atoms with Crippen molar-refractivity contribution in [3.05, 3.63) is 46.6 Å². The van der Waals surface area contributed by atoms with E-state index in [0.29, 0.717) is 5.91 Å². The molecule has 29 heavy (non-hydrogen) atoms. The second-order valence-corrected chi connectivity index (χ2v) is 9.23. The van der Waals surface area contributed by atoms with E-state index in [1.807, 2.05) is 29.2 Å². The van der Waals surface area contributed by atoms with Crippen LogP contribution in [-0.2, 0) is 16.0 Å². The van der Waals surface area contributed by atoms with Gasteiger partial charge >= 0.3 is 0 Å². The zero-order valence-electron chi connectivity index (χ0n) is 16.2. The van der Waals surface area contributed by atoms with Gasteiger partial charge in [0.25, 0.3) is 0 Å². The summed E-state index contributed by atoms with van der Waals surface area (Å²) in [5.41, 5.74) is 3.19. The van der Waals surface area contributed by atoms with E-state index in [1.165, 1.54) is 5.69 Å². The molecule has 1 aliphatic heterocycles. The van der Waals surface area contributed by atoms with Gasteiger partial charge in [-0.3, -0.25) is 9.20 Å². The summed E-state index contributed by atoms with van der Waals surface area (Å²) >= 11 is 7.64. The Hall–Kier alpha value is -1.89. The van der Waals surface area contributed by atoms with E-state index < -0.39 is 0 Å². The molecule has 1 aromatic carbocycles. The van der Waals surface area contributed by atoms with Gasteiger partial charge in [0, 0.05) is 59.9 Å². The number of thiazole rings is 1. The fourth-order valence-corrected chi connectivity index (χ4v) is 4.97. The summed E-state index contributed by atoms with van der Waals surface area (Å²) in [6.07, 6.45) is 7.34. The Morgan fingerprint density at radius 1 is 1.28 bits per heavy atom. The Morgan fingerprint density at radius 2 is 2.10 bits per heavy atom. The highest BCUT2D eigenvalue weighted by atomic mass is 35.5. The molecule has 2 aliphatic rings. The number of carbonyl (C=O) groups is 1. The van der Waals surface area contributed by atoms with E-state index in [2.05, 4.69) is 16.0 Å². The molecule has 0 bridgehead atoms. The lowest BCUT2D eigenvalue weighted by Gasteiger charge is -2.25. The number of fused-ring (bicyclic) bond motifs is 1. The van der Waals surface area contributed by atoms with Gasteiger partial charge in [-0.25, -0.2) is 4.98 Å². The third-order valence-electron chi connectivity index (χ3n) is 5.75. The summed E-state index contributed by atoms with van der Waals surface area (Å²) in [5, 5.41) is 2.88. The van der Waals surface area contributed by atoms with E-state index in [0.717, 1.165) is 73.0 Å². The van der Waals surface area contributed by atoms with Gasteiger partial charge in [-0.2, -0.15) is 0 Å².